The number of carbonyl (C=O) groups is 1. The molecule has 0 radical (unpaired) electrons. The Morgan fingerprint density at radius 2 is 2.05 bits per heavy atom. The van der Waals surface area contributed by atoms with Crippen molar-refractivity contribution in [3.05, 3.63) is 29.8 Å². The third-order valence-corrected chi connectivity index (χ3v) is 4.42. The van der Waals surface area contributed by atoms with Crippen molar-refractivity contribution >= 4 is 5.91 Å². The van der Waals surface area contributed by atoms with E-state index in [2.05, 4.69) is 0 Å². The fraction of sp³-hybridized carbons (Fsp3) is 0.588. The highest BCUT2D eigenvalue weighted by molar-refractivity contribution is 5.76. The van der Waals surface area contributed by atoms with Crippen molar-refractivity contribution in [3.63, 3.8) is 0 Å². The SMILES string of the molecule is CCN(Cc1ccc(OC)cc1)C(=O)C[C@@H]1CCC[C@H]1N. The van der Waals surface area contributed by atoms with Gasteiger partial charge in [0.25, 0.3) is 0 Å². The molecule has 4 nitrogen and oxygen atoms in total. The summed E-state index contributed by atoms with van der Waals surface area (Å²) in [4.78, 5) is 14.4. The maximum atomic E-state index is 12.4. The third-order valence-electron chi connectivity index (χ3n) is 4.42. The number of rotatable bonds is 6. The summed E-state index contributed by atoms with van der Waals surface area (Å²) in [5.41, 5.74) is 7.20. The lowest BCUT2D eigenvalue weighted by Gasteiger charge is -2.24. The smallest absolute Gasteiger partial charge is 0.223 e. The molecule has 1 aromatic rings. The molecule has 0 unspecified atom stereocenters. The Kier molecular flexibility index (Phi) is 5.62. The maximum absolute atomic E-state index is 12.4. The van der Waals surface area contributed by atoms with E-state index in [0.717, 1.165) is 37.1 Å². The molecule has 116 valence electrons. The summed E-state index contributed by atoms with van der Waals surface area (Å²) in [7, 11) is 1.65. The predicted molar refractivity (Wildman–Crippen MR) is 84.0 cm³/mol. The average molecular weight is 290 g/mol. The first kappa shape index (κ1) is 15.8. The Hall–Kier alpha value is -1.55. The summed E-state index contributed by atoms with van der Waals surface area (Å²) in [6.07, 6.45) is 3.89. The number of carbonyl (C=O) groups excluding carboxylic acids is 1. The van der Waals surface area contributed by atoms with Crippen molar-refractivity contribution in [1.82, 2.24) is 4.90 Å². The van der Waals surface area contributed by atoms with Gasteiger partial charge in [0.15, 0.2) is 0 Å². The van der Waals surface area contributed by atoms with Gasteiger partial charge in [-0.1, -0.05) is 18.6 Å². The minimum absolute atomic E-state index is 0.202. The van der Waals surface area contributed by atoms with Crippen LogP contribution in [0.3, 0.4) is 0 Å². The summed E-state index contributed by atoms with van der Waals surface area (Å²) in [5, 5.41) is 0. The largest absolute Gasteiger partial charge is 0.497 e. The normalized spacial score (nSPS) is 21.3. The highest BCUT2D eigenvalue weighted by atomic mass is 16.5. The first-order valence-electron chi connectivity index (χ1n) is 7.80. The van der Waals surface area contributed by atoms with Gasteiger partial charge >= 0.3 is 0 Å². The number of nitrogens with two attached hydrogens (primary N) is 1. The van der Waals surface area contributed by atoms with Gasteiger partial charge in [0.1, 0.15) is 5.75 Å². The van der Waals surface area contributed by atoms with E-state index in [9.17, 15) is 4.79 Å². The molecule has 1 aliphatic rings. The van der Waals surface area contributed by atoms with Crippen LogP contribution in [0, 0.1) is 5.92 Å². The monoisotopic (exact) mass is 290 g/mol. The molecule has 1 aromatic carbocycles. The molecule has 1 amide bonds. The quantitative estimate of drug-likeness (QED) is 0.876. The van der Waals surface area contributed by atoms with E-state index in [1.54, 1.807) is 7.11 Å². The van der Waals surface area contributed by atoms with Crippen molar-refractivity contribution in [3.8, 4) is 5.75 Å². The van der Waals surface area contributed by atoms with Crippen molar-refractivity contribution in [2.24, 2.45) is 11.7 Å². The molecule has 0 saturated heterocycles. The van der Waals surface area contributed by atoms with E-state index in [4.69, 9.17) is 10.5 Å². The zero-order chi connectivity index (χ0) is 15.2. The number of hydrogen-bond donors (Lipinski definition) is 1. The van der Waals surface area contributed by atoms with Gasteiger partial charge in [0, 0.05) is 25.6 Å². The topological polar surface area (TPSA) is 55.6 Å². The standard InChI is InChI=1S/C17H26N2O2/c1-3-19(12-13-7-9-15(21-2)10-8-13)17(20)11-14-5-4-6-16(14)18/h7-10,14,16H,3-6,11-12,18H2,1-2H3/t14-,16+/m0/s1. The summed E-state index contributed by atoms with van der Waals surface area (Å²) >= 11 is 0. The van der Waals surface area contributed by atoms with Crippen molar-refractivity contribution in [1.29, 1.82) is 0 Å². The van der Waals surface area contributed by atoms with E-state index in [1.165, 1.54) is 0 Å². The predicted octanol–water partition coefficient (Wildman–Crippen LogP) is 2.56. The highest BCUT2D eigenvalue weighted by Crippen LogP contribution is 2.27. The second kappa shape index (κ2) is 7.46. The van der Waals surface area contributed by atoms with E-state index in [-0.39, 0.29) is 11.9 Å². The molecule has 4 heteroatoms. The number of ether oxygens (including phenoxy) is 1. The number of benzene rings is 1. The van der Waals surface area contributed by atoms with Crippen LogP contribution in [-0.2, 0) is 11.3 Å². The van der Waals surface area contributed by atoms with Gasteiger partial charge in [0.05, 0.1) is 7.11 Å². The van der Waals surface area contributed by atoms with Crippen molar-refractivity contribution in [2.45, 2.75) is 45.2 Å². The van der Waals surface area contributed by atoms with Gasteiger partial charge in [-0.25, -0.2) is 0 Å². The zero-order valence-electron chi connectivity index (χ0n) is 13.0. The molecule has 2 N–H and O–H groups in total. The van der Waals surface area contributed by atoms with Crippen molar-refractivity contribution in [2.75, 3.05) is 13.7 Å². The zero-order valence-corrected chi connectivity index (χ0v) is 13.0. The maximum Gasteiger partial charge on any atom is 0.223 e. The number of hydrogen-bond acceptors (Lipinski definition) is 3. The summed E-state index contributed by atoms with van der Waals surface area (Å²) < 4.78 is 5.15. The van der Waals surface area contributed by atoms with Crippen LogP contribution in [-0.4, -0.2) is 30.5 Å². The van der Waals surface area contributed by atoms with Crippen LogP contribution in [0.4, 0.5) is 0 Å². The van der Waals surface area contributed by atoms with Gasteiger partial charge in [-0.15, -0.1) is 0 Å². The van der Waals surface area contributed by atoms with Gasteiger partial charge in [-0.3, -0.25) is 4.79 Å². The fourth-order valence-electron chi connectivity index (χ4n) is 3.00. The second-order valence-corrected chi connectivity index (χ2v) is 5.81. The summed E-state index contributed by atoms with van der Waals surface area (Å²) in [5.74, 6) is 1.42. The number of amides is 1. The molecular weight excluding hydrogens is 264 g/mol. The van der Waals surface area contributed by atoms with E-state index in [0.29, 0.717) is 18.9 Å². The number of methoxy groups -OCH3 is 1. The van der Waals surface area contributed by atoms with E-state index in [1.807, 2.05) is 36.1 Å². The molecular formula is C17H26N2O2. The van der Waals surface area contributed by atoms with Gasteiger partial charge in [0.2, 0.25) is 5.91 Å². The van der Waals surface area contributed by atoms with Gasteiger partial charge in [-0.2, -0.15) is 0 Å². The lowest BCUT2D eigenvalue weighted by atomic mass is 9.99. The Balaban J connectivity index is 1.93. The molecule has 1 fully saturated rings. The Bertz CT molecular complexity index is 458. The Morgan fingerprint density at radius 1 is 1.33 bits per heavy atom. The Morgan fingerprint density at radius 3 is 2.57 bits per heavy atom. The van der Waals surface area contributed by atoms with Crippen LogP contribution in [0.25, 0.3) is 0 Å². The molecule has 0 bridgehead atoms. The molecule has 0 aromatic heterocycles. The first-order chi connectivity index (χ1) is 10.1. The molecule has 0 aliphatic heterocycles. The summed E-state index contributed by atoms with van der Waals surface area (Å²) in [6, 6.07) is 8.08. The van der Waals surface area contributed by atoms with Crippen molar-refractivity contribution < 1.29 is 9.53 Å². The first-order valence-corrected chi connectivity index (χ1v) is 7.80. The van der Waals surface area contributed by atoms with Crippen LogP contribution in [0.1, 0.15) is 38.2 Å². The van der Waals surface area contributed by atoms with E-state index >= 15 is 0 Å². The Labute approximate surface area is 127 Å². The fourth-order valence-corrected chi connectivity index (χ4v) is 3.00. The highest BCUT2D eigenvalue weighted by Gasteiger charge is 2.27. The molecule has 2 rings (SSSR count). The third kappa shape index (κ3) is 4.21. The van der Waals surface area contributed by atoms with E-state index < -0.39 is 0 Å². The lowest BCUT2D eigenvalue weighted by Crippen LogP contribution is -2.34. The van der Waals surface area contributed by atoms with Crippen LogP contribution < -0.4 is 10.5 Å². The molecule has 0 spiro atoms. The molecule has 1 saturated carbocycles. The minimum Gasteiger partial charge on any atom is -0.497 e. The van der Waals surface area contributed by atoms with Crippen LogP contribution in [0.2, 0.25) is 0 Å². The minimum atomic E-state index is 0.202. The van der Waals surface area contributed by atoms with Crippen LogP contribution in [0.5, 0.6) is 5.75 Å². The van der Waals surface area contributed by atoms with Crippen LogP contribution in [0.15, 0.2) is 24.3 Å². The molecule has 0 heterocycles. The average Bonchev–Trinajstić information content (AvgIpc) is 2.90. The van der Waals surface area contributed by atoms with Crippen LogP contribution >= 0.6 is 0 Å². The molecule has 2 atom stereocenters. The summed E-state index contributed by atoms with van der Waals surface area (Å²) in [6.45, 7) is 3.41. The second-order valence-electron chi connectivity index (χ2n) is 5.81. The molecule has 21 heavy (non-hydrogen) atoms. The number of nitrogens with zero attached hydrogens (tertiary/aromatic N) is 1. The van der Waals surface area contributed by atoms with Gasteiger partial charge < -0.3 is 15.4 Å². The molecule has 1 aliphatic carbocycles. The van der Waals surface area contributed by atoms with Gasteiger partial charge in [-0.05, 0) is 43.4 Å². The lowest BCUT2D eigenvalue weighted by molar-refractivity contribution is -0.132.